The van der Waals surface area contributed by atoms with Crippen LogP contribution in [-0.2, 0) is 4.74 Å². The monoisotopic (exact) mass is 292 g/mol. The van der Waals surface area contributed by atoms with Gasteiger partial charge in [0.05, 0.1) is 12.3 Å². The van der Waals surface area contributed by atoms with Crippen molar-refractivity contribution in [3.63, 3.8) is 0 Å². The molecule has 1 atom stereocenters. The molecule has 1 aliphatic rings. The van der Waals surface area contributed by atoms with Gasteiger partial charge in [-0.2, -0.15) is 0 Å². The third-order valence-corrected chi connectivity index (χ3v) is 3.81. The average molecular weight is 292 g/mol. The minimum Gasteiger partial charge on any atom is -0.491 e. The van der Waals surface area contributed by atoms with Crippen LogP contribution in [-0.4, -0.2) is 39.0 Å². The minimum absolute atomic E-state index is 0.269. The Balaban J connectivity index is 1.99. The summed E-state index contributed by atoms with van der Waals surface area (Å²) < 4.78 is 11.3. The van der Waals surface area contributed by atoms with Crippen molar-refractivity contribution in [2.75, 3.05) is 37.8 Å². The lowest BCUT2D eigenvalue weighted by atomic mass is 10.0. The first kappa shape index (κ1) is 16.1. The van der Waals surface area contributed by atoms with Gasteiger partial charge in [-0.25, -0.2) is 0 Å². The summed E-state index contributed by atoms with van der Waals surface area (Å²) in [6.45, 7) is 8.32. The fraction of sp³-hybridized carbons (Fsp3) is 0.647. The standard InChI is InChI=1S/C17H28N2O2/c1-3-20-10-5-11-21-17-8-7-14(2)12-16(17)19-9-4-6-15(18)13-19/h7-8,12,15H,3-6,9-11,13,18H2,1-2H3. The summed E-state index contributed by atoms with van der Waals surface area (Å²) in [5.41, 5.74) is 8.54. The highest BCUT2D eigenvalue weighted by molar-refractivity contribution is 5.60. The normalized spacial score (nSPS) is 18.8. The molecule has 0 aliphatic carbocycles. The maximum absolute atomic E-state index is 6.11. The molecule has 0 spiro atoms. The number of hydrogen-bond donors (Lipinski definition) is 1. The van der Waals surface area contributed by atoms with E-state index < -0.39 is 0 Å². The van der Waals surface area contributed by atoms with E-state index in [1.165, 1.54) is 11.3 Å². The maximum Gasteiger partial charge on any atom is 0.142 e. The Kier molecular flexibility index (Phi) is 6.33. The molecule has 4 nitrogen and oxygen atoms in total. The zero-order valence-corrected chi connectivity index (χ0v) is 13.3. The van der Waals surface area contributed by atoms with Crippen LogP contribution in [0.25, 0.3) is 0 Å². The average Bonchev–Trinajstić information content (AvgIpc) is 2.48. The van der Waals surface area contributed by atoms with Crippen LogP contribution < -0.4 is 15.4 Å². The second-order valence-electron chi connectivity index (χ2n) is 5.72. The van der Waals surface area contributed by atoms with Crippen LogP contribution in [0.5, 0.6) is 5.75 Å². The van der Waals surface area contributed by atoms with Crippen LogP contribution in [0.4, 0.5) is 5.69 Å². The molecule has 2 N–H and O–H groups in total. The molecule has 21 heavy (non-hydrogen) atoms. The van der Waals surface area contributed by atoms with Crippen LogP contribution in [0.3, 0.4) is 0 Å². The predicted octanol–water partition coefficient (Wildman–Crippen LogP) is 2.73. The fourth-order valence-electron chi connectivity index (χ4n) is 2.71. The SMILES string of the molecule is CCOCCCOc1ccc(C)cc1N1CCCC(N)C1. The number of piperidine rings is 1. The molecule has 1 aliphatic heterocycles. The van der Waals surface area contributed by atoms with Crippen LogP contribution in [0.15, 0.2) is 18.2 Å². The molecule has 1 aromatic carbocycles. The summed E-state index contributed by atoms with van der Waals surface area (Å²) in [5.74, 6) is 0.964. The third kappa shape index (κ3) is 4.90. The lowest BCUT2D eigenvalue weighted by Gasteiger charge is -2.33. The maximum atomic E-state index is 6.11. The molecule has 118 valence electrons. The lowest BCUT2D eigenvalue weighted by Crippen LogP contribution is -2.43. The van der Waals surface area contributed by atoms with Gasteiger partial charge in [0, 0.05) is 38.8 Å². The number of hydrogen-bond acceptors (Lipinski definition) is 4. The number of anilines is 1. The van der Waals surface area contributed by atoms with E-state index in [2.05, 4.69) is 30.0 Å². The molecule has 1 unspecified atom stereocenters. The molecule has 0 saturated carbocycles. The molecular weight excluding hydrogens is 264 g/mol. The van der Waals surface area contributed by atoms with Crippen molar-refractivity contribution in [2.45, 2.75) is 39.2 Å². The van der Waals surface area contributed by atoms with Crippen LogP contribution >= 0.6 is 0 Å². The smallest absolute Gasteiger partial charge is 0.142 e. The van der Waals surface area contributed by atoms with Crippen molar-refractivity contribution in [1.29, 1.82) is 0 Å². The highest BCUT2D eigenvalue weighted by Gasteiger charge is 2.20. The Morgan fingerprint density at radius 1 is 1.33 bits per heavy atom. The zero-order valence-electron chi connectivity index (χ0n) is 13.3. The first-order valence-corrected chi connectivity index (χ1v) is 8.02. The van der Waals surface area contributed by atoms with Gasteiger partial charge in [-0.15, -0.1) is 0 Å². The van der Waals surface area contributed by atoms with E-state index in [4.69, 9.17) is 15.2 Å². The van der Waals surface area contributed by atoms with Crippen molar-refractivity contribution in [1.82, 2.24) is 0 Å². The summed E-state index contributed by atoms with van der Waals surface area (Å²) in [4.78, 5) is 2.36. The molecule has 0 bridgehead atoms. The number of nitrogens with two attached hydrogens (primary N) is 1. The Morgan fingerprint density at radius 2 is 2.19 bits per heavy atom. The Bertz CT molecular complexity index is 437. The van der Waals surface area contributed by atoms with E-state index >= 15 is 0 Å². The van der Waals surface area contributed by atoms with Crippen molar-refractivity contribution in [3.8, 4) is 5.75 Å². The van der Waals surface area contributed by atoms with Gasteiger partial charge in [0.2, 0.25) is 0 Å². The van der Waals surface area contributed by atoms with Gasteiger partial charge in [0.1, 0.15) is 5.75 Å². The van der Waals surface area contributed by atoms with Gasteiger partial charge in [0.25, 0.3) is 0 Å². The van der Waals surface area contributed by atoms with Gasteiger partial charge < -0.3 is 20.1 Å². The van der Waals surface area contributed by atoms with Crippen LogP contribution in [0.1, 0.15) is 31.7 Å². The van der Waals surface area contributed by atoms with E-state index in [-0.39, 0.29) is 6.04 Å². The largest absolute Gasteiger partial charge is 0.491 e. The van der Waals surface area contributed by atoms with E-state index in [9.17, 15) is 0 Å². The van der Waals surface area contributed by atoms with E-state index in [0.29, 0.717) is 6.61 Å². The molecule has 0 radical (unpaired) electrons. The third-order valence-electron chi connectivity index (χ3n) is 3.81. The molecule has 1 heterocycles. The number of aryl methyl sites for hydroxylation is 1. The summed E-state index contributed by atoms with van der Waals surface area (Å²) in [6, 6.07) is 6.65. The molecule has 0 amide bonds. The van der Waals surface area contributed by atoms with E-state index in [1.807, 2.05) is 6.92 Å². The van der Waals surface area contributed by atoms with Crippen molar-refractivity contribution in [3.05, 3.63) is 23.8 Å². The molecule has 1 fully saturated rings. The molecule has 1 aromatic rings. The Morgan fingerprint density at radius 3 is 2.95 bits per heavy atom. The first-order valence-electron chi connectivity index (χ1n) is 8.02. The van der Waals surface area contributed by atoms with Crippen LogP contribution in [0.2, 0.25) is 0 Å². The second-order valence-corrected chi connectivity index (χ2v) is 5.72. The Hall–Kier alpha value is -1.26. The van der Waals surface area contributed by atoms with Crippen LogP contribution in [0, 0.1) is 6.92 Å². The number of ether oxygens (including phenoxy) is 2. The molecule has 4 heteroatoms. The summed E-state index contributed by atoms with van der Waals surface area (Å²) in [7, 11) is 0. The summed E-state index contributed by atoms with van der Waals surface area (Å²) >= 11 is 0. The minimum atomic E-state index is 0.269. The summed E-state index contributed by atoms with van der Waals surface area (Å²) in [5, 5.41) is 0. The highest BCUT2D eigenvalue weighted by atomic mass is 16.5. The second kappa shape index (κ2) is 8.25. The zero-order chi connectivity index (χ0) is 15.1. The van der Waals surface area contributed by atoms with Crippen molar-refractivity contribution >= 4 is 5.69 Å². The molecule has 1 saturated heterocycles. The van der Waals surface area contributed by atoms with E-state index in [0.717, 1.165) is 51.3 Å². The number of rotatable bonds is 7. The number of benzene rings is 1. The Labute approximate surface area is 128 Å². The molecule has 2 rings (SSSR count). The highest BCUT2D eigenvalue weighted by Crippen LogP contribution is 2.31. The number of nitrogens with zero attached hydrogens (tertiary/aromatic N) is 1. The predicted molar refractivity (Wildman–Crippen MR) is 87.2 cm³/mol. The van der Waals surface area contributed by atoms with Crippen molar-refractivity contribution in [2.24, 2.45) is 5.73 Å². The molecule has 0 aromatic heterocycles. The van der Waals surface area contributed by atoms with Crippen molar-refractivity contribution < 1.29 is 9.47 Å². The van der Waals surface area contributed by atoms with Gasteiger partial charge in [-0.1, -0.05) is 6.07 Å². The van der Waals surface area contributed by atoms with Gasteiger partial charge in [-0.05, 0) is 44.4 Å². The van der Waals surface area contributed by atoms with Gasteiger partial charge in [0.15, 0.2) is 0 Å². The van der Waals surface area contributed by atoms with Gasteiger partial charge in [-0.3, -0.25) is 0 Å². The lowest BCUT2D eigenvalue weighted by molar-refractivity contribution is 0.131. The summed E-state index contributed by atoms with van der Waals surface area (Å²) in [6.07, 6.45) is 3.19. The first-order chi connectivity index (χ1) is 10.2. The topological polar surface area (TPSA) is 47.7 Å². The quantitative estimate of drug-likeness (QED) is 0.785. The molecular formula is C17H28N2O2. The van der Waals surface area contributed by atoms with Gasteiger partial charge >= 0.3 is 0 Å². The fourth-order valence-corrected chi connectivity index (χ4v) is 2.71. The van der Waals surface area contributed by atoms with E-state index in [1.54, 1.807) is 0 Å².